The highest BCUT2D eigenvalue weighted by Crippen LogP contribution is 2.29. The van der Waals surface area contributed by atoms with Crippen LogP contribution in [0.25, 0.3) is 0 Å². The lowest BCUT2D eigenvalue weighted by molar-refractivity contribution is -0.141. The number of anilines is 1. The lowest BCUT2D eigenvalue weighted by atomic mass is 9.76. The van der Waals surface area contributed by atoms with E-state index in [2.05, 4.69) is 41.9 Å². The molecule has 486 valence electrons. The lowest BCUT2D eigenvalue weighted by Gasteiger charge is -2.40. The van der Waals surface area contributed by atoms with E-state index in [0.717, 1.165) is 10.5 Å². The van der Waals surface area contributed by atoms with Crippen molar-refractivity contribution in [3.8, 4) is 0 Å². The van der Waals surface area contributed by atoms with E-state index >= 15 is 0 Å². The van der Waals surface area contributed by atoms with E-state index in [9.17, 15) is 56.4 Å². The Morgan fingerprint density at radius 3 is 1.89 bits per heavy atom. The van der Waals surface area contributed by atoms with Crippen LogP contribution in [0.3, 0.4) is 0 Å². The number of carbonyl (C=O) groups is 10. The van der Waals surface area contributed by atoms with E-state index in [1.807, 2.05) is 78.8 Å². The molecular weight excluding hydrogens is 1160 g/mol. The zero-order valence-electron chi connectivity index (χ0n) is 53.2. The summed E-state index contributed by atoms with van der Waals surface area (Å²) in [6, 6.07) is 17.2. The number of likely N-dealkylation sites (N-methyl/N-ethyl adjacent to an activating group) is 2. The summed E-state index contributed by atoms with van der Waals surface area (Å²) in [6.45, 7) is 18.4. The topological polar surface area (TPSA) is 343 Å². The second-order valence-corrected chi connectivity index (χ2v) is 26.3. The van der Waals surface area contributed by atoms with Crippen LogP contribution in [-0.4, -0.2) is 135 Å². The van der Waals surface area contributed by atoms with Gasteiger partial charge in [-0.3, -0.25) is 43.3 Å². The Morgan fingerprint density at radius 2 is 1.31 bits per heavy atom. The van der Waals surface area contributed by atoms with Gasteiger partial charge in [-0.15, -0.1) is 0 Å². The highest BCUT2D eigenvalue weighted by molar-refractivity contribution is 7.89. The van der Waals surface area contributed by atoms with Crippen LogP contribution in [0.5, 0.6) is 0 Å². The second kappa shape index (κ2) is 33.8. The van der Waals surface area contributed by atoms with Gasteiger partial charge in [-0.1, -0.05) is 142 Å². The molecule has 0 spiro atoms. The molecule has 10 N–H and O–H groups in total. The number of alkyl carbamates (subject to hydrolysis) is 1. The number of nitrogens with one attached hydrogen (secondary N) is 8. The number of urea groups is 1. The fourth-order valence-corrected chi connectivity index (χ4v) is 11.0. The molecule has 0 bridgehead atoms. The van der Waals surface area contributed by atoms with Gasteiger partial charge in [-0.2, -0.15) is 0 Å². The molecule has 0 saturated heterocycles. The van der Waals surface area contributed by atoms with Gasteiger partial charge in [0.25, 0.3) is 17.7 Å². The van der Waals surface area contributed by atoms with Crippen LogP contribution in [0.4, 0.5) is 15.3 Å². The molecule has 5 atom stereocenters. The smallest absolute Gasteiger partial charge is 0.407 e. The maximum absolute atomic E-state index is 14.4. The number of rotatable bonds is 33. The Morgan fingerprint density at radius 1 is 0.708 bits per heavy atom. The molecular formula is C64H91N11O13S. The molecule has 0 saturated carbocycles. The number of nitrogens with zero attached hydrogens (tertiary/aromatic N) is 2. The number of primary amides is 1. The van der Waals surface area contributed by atoms with Crippen molar-refractivity contribution < 1.29 is 61.1 Å². The van der Waals surface area contributed by atoms with Crippen molar-refractivity contribution in [2.75, 3.05) is 32.5 Å². The molecule has 5 unspecified atom stereocenters. The molecule has 3 aromatic carbocycles. The SMILES string of the molecule is CNC(C(=O)NC(C(=O)N(C)C(C=C(C)C(=O)NS(=O)(=O)Cc1ccc(CNC(=O)OCc2ccc(NC(=O)C(CCCNC(N)=O)NC(=O)C(NC(=O)CCCCCN3C(=O)C=CC3=O)C(C)C)cc2)cc1)C(C)C)C(C)(C)C)C(C)(C)c1ccccc1. The first-order valence-electron chi connectivity index (χ1n) is 29.8. The predicted molar refractivity (Wildman–Crippen MR) is 338 cm³/mol. The van der Waals surface area contributed by atoms with Crippen molar-refractivity contribution in [3.63, 3.8) is 0 Å². The monoisotopic (exact) mass is 1250 g/mol. The minimum atomic E-state index is -4.21. The predicted octanol–water partition coefficient (Wildman–Crippen LogP) is 5.08. The third-order valence-corrected chi connectivity index (χ3v) is 16.4. The van der Waals surface area contributed by atoms with E-state index < -0.39 is 86.7 Å². The highest BCUT2D eigenvalue weighted by Gasteiger charge is 2.42. The van der Waals surface area contributed by atoms with Crippen LogP contribution in [0.1, 0.15) is 130 Å². The molecule has 4 rings (SSSR count). The summed E-state index contributed by atoms with van der Waals surface area (Å²) >= 11 is 0. The Bertz CT molecular complexity index is 3130. The van der Waals surface area contributed by atoms with Crippen LogP contribution in [0, 0.1) is 17.3 Å². The van der Waals surface area contributed by atoms with Gasteiger partial charge < -0.3 is 52.6 Å². The third-order valence-electron chi connectivity index (χ3n) is 15.2. The number of imide groups is 1. The van der Waals surface area contributed by atoms with E-state index in [1.165, 1.54) is 24.0 Å². The van der Waals surface area contributed by atoms with Gasteiger partial charge in [0.15, 0.2) is 0 Å². The Labute approximate surface area is 523 Å². The molecule has 25 heteroatoms. The molecule has 24 nitrogen and oxygen atoms in total. The van der Waals surface area contributed by atoms with Crippen LogP contribution >= 0.6 is 0 Å². The number of amides is 11. The molecule has 0 fully saturated rings. The minimum Gasteiger partial charge on any atom is -0.445 e. The average Bonchev–Trinajstić information content (AvgIpc) is 4.08. The second-order valence-electron chi connectivity index (χ2n) is 24.5. The third kappa shape index (κ3) is 23.2. The molecule has 0 aliphatic carbocycles. The normalized spacial score (nSPS) is 14.4. The summed E-state index contributed by atoms with van der Waals surface area (Å²) in [6.07, 6.45) is 5.21. The molecule has 1 aliphatic rings. The first-order valence-corrected chi connectivity index (χ1v) is 31.5. The average molecular weight is 1250 g/mol. The van der Waals surface area contributed by atoms with Crippen LogP contribution in [-0.2, 0) is 77.4 Å². The molecule has 11 amide bonds. The Hall–Kier alpha value is -8.45. The molecule has 89 heavy (non-hydrogen) atoms. The first-order chi connectivity index (χ1) is 41.7. The number of carbonyl (C=O) groups excluding carboxylic acids is 10. The molecule has 1 heterocycles. The molecule has 3 aromatic rings. The van der Waals surface area contributed by atoms with E-state index in [1.54, 1.807) is 82.5 Å². The van der Waals surface area contributed by atoms with Crippen molar-refractivity contribution in [2.24, 2.45) is 23.0 Å². The van der Waals surface area contributed by atoms with Gasteiger partial charge in [0.2, 0.25) is 39.6 Å². The van der Waals surface area contributed by atoms with Gasteiger partial charge in [-0.25, -0.2) is 22.7 Å². The number of hydrogen-bond donors (Lipinski definition) is 9. The minimum absolute atomic E-state index is 0.0327. The molecule has 0 radical (unpaired) electrons. The van der Waals surface area contributed by atoms with E-state index in [0.29, 0.717) is 41.6 Å². The Kier molecular flexibility index (Phi) is 27.7. The number of sulfonamides is 1. The van der Waals surface area contributed by atoms with Gasteiger partial charge >= 0.3 is 12.1 Å². The summed E-state index contributed by atoms with van der Waals surface area (Å²) in [5, 5.41) is 19.5. The summed E-state index contributed by atoms with van der Waals surface area (Å²) in [7, 11) is -0.925. The largest absolute Gasteiger partial charge is 0.445 e. The van der Waals surface area contributed by atoms with E-state index in [-0.39, 0.29) is 92.4 Å². The summed E-state index contributed by atoms with van der Waals surface area (Å²) < 4.78 is 34.2. The van der Waals surface area contributed by atoms with Crippen molar-refractivity contribution in [1.82, 2.24) is 46.4 Å². The Balaban J connectivity index is 1.27. The van der Waals surface area contributed by atoms with Gasteiger partial charge in [0.05, 0.1) is 17.8 Å². The number of ether oxygens (including phenoxy) is 1. The lowest BCUT2D eigenvalue weighted by Crippen LogP contribution is -2.61. The van der Waals surface area contributed by atoms with Crippen molar-refractivity contribution in [2.45, 2.75) is 162 Å². The first kappa shape index (κ1) is 73.0. The standard InChI is InChI=1S/C64H91N11O13S/c1-40(2)49(74(12)60(83)55(63(6,7)8)72-59(82)54(66-11)64(9,10)46-20-15-13-16-21-46)36-42(5)56(79)73-89(86,87)39-45-26-24-43(25-27-45)37-68-62(85)88-38-44-28-30-47(31-29-44)69-57(80)48(22-19-34-67-61(65)84)70-58(81)53(41(3)4)71-50(76)23-17-14-18-35-75-51(77)32-33-52(75)78/h13,15-16,20-21,24-33,36,40-41,48-49,53-55,66H,14,17-19,22-23,34-35,37-39H2,1-12H3,(H,68,85)(H,69,80)(H,70,81)(H,71,76)(H,72,82)(H,73,79)(H3,65,67,84). The molecule has 0 aromatic heterocycles. The van der Waals surface area contributed by atoms with Crippen LogP contribution in [0.15, 0.2) is 103 Å². The summed E-state index contributed by atoms with van der Waals surface area (Å²) in [5.74, 6) is -5.04. The maximum atomic E-state index is 14.4. The van der Waals surface area contributed by atoms with Crippen molar-refractivity contribution in [3.05, 3.63) is 125 Å². The summed E-state index contributed by atoms with van der Waals surface area (Å²) in [4.78, 5) is 132. The fraction of sp³-hybridized carbons (Fsp3) is 0.500. The fourth-order valence-electron chi connectivity index (χ4n) is 9.89. The van der Waals surface area contributed by atoms with Crippen molar-refractivity contribution in [1.29, 1.82) is 0 Å². The number of nitrogens with two attached hydrogens (primary N) is 1. The van der Waals surface area contributed by atoms with Crippen molar-refractivity contribution >= 4 is 75.1 Å². The number of hydrogen-bond acceptors (Lipinski definition) is 14. The highest BCUT2D eigenvalue weighted by atomic mass is 32.2. The van der Waals surface area contributed by atoms with Gasteiger partial charge in [0.1, 0.15) is 24.7 Å². The van der Waals surface area contributed by atoms with E-state index in [4.69, 9.17) is 10.5 Å². The zero-order valence-corrected chi connectivity index (χ0v) is 54.1. The van der Waals surface area contributed by atoms with Crippen LogP contribution < -0.4 is 47.7 Å². The van der Waals surface area contributed by atoms with Gasteiger partial charge in [0, 0.05) is 61.9 Å². The molecule has 1 aliphatic heterocycles. The number of benzene rings is 3. The summed E-state index contributed by atoms with van der Waals surface area (Å²) in [5.41, 5.74) is 6.75. The van der Waals surface area contributed by atoms with Crippen LogP contribution in [0.2, 0.25) is 0 Å². The van der Waals surface area contributed by atoms with Gasteiger partial charge in [-0.05, 0) is 91.3 Å². The quantitative estimate of drug-likeness (QED) is 0.0218. The number of unbranched alkanes of at least 4 members (excludes halogenated alkanes) is 2. The zero-order chi connectivity index (χ0) is 66.4. The maximum Gasteiger partial charge on any atom is 0.407 e.